The Kier molecular flexibility index (Phi) is 3.70. The van der Waals surface area contributed by atoms with Gasteiger partial charge in [0.15, 0.2) is 23.0 Å². The zero-order valence-corrected chi connectivity index (χ0v) is 14.4. The summed E-state index contributed by atoms with van der Waals surface area (Å²) in [5.74, 6) is -1.20. The summed E-state index contributed by atoms with van der Waals surface area (Å²) in [4.78, 5) is 26.2. The highest BCUT2D eigenvalue weighted by Crippen LogP contribution is 2.43. The van der Waals surface area contributed by atoms with Gasteiger partial charge in [0.25, 0.3) is 0 Å². The third-order valence-electron chi connectivity index (χ3n) is 5.69. The summed E-state index contributed by atoms with van der Waals surface area (Å²) in [6, 6.07) is 9.71. The van der Waals surface area contributed by atoms with Gasteiger partial charge in [-0.15, -0.1) is 0 Å². The van der Waals surface area contributed by atoms with Gasteiger partial charge < -0.3 is 0 Å². The molecule has 1 aromatic carbocycles. The van der Waals surface area contributed by atoms with E-state index in [4.69, 9.17) is 9.26 Å². The van der Waals surface area contributed by atoms with E-state index >= 15 is 0 Å². The highest BCUT2D eigenvalue weighted by Gasteiger charge is 2.45. The van der Waals surface area contributed by atoms with Crippen LogP contribution in [0.5, 0.6) is 0 Å². The van der Waals surface area contributed by atoms with Crippen molar-refractivity contribution < 1.29 is 18.8 Å². The Labute approximate surface area is 153 Å². The van der Waals surface area contributed by atoms with E-state index in [1.165, 1.54) is 0 Å². The minimum atomic E-state index is -0.359. The molecule has 0 radical (unpaired) electrons. The van der Waals surface area contributed by atoms with Crippen molar-refractivity contribution in [1.29, 1.82) is 0 Å². The SMILES string of the molecule is O=C1c2nonc2CC[C@@H]1C(c1ccccc1)[C@H]1CCc2nonc2C1=O. The Balaban J connectivity index is 1.57. The molecule has 2 aliphatic rings. The average molecular weight is 364 g/mol. The van der Waals surface area contributed by atoms with Gasteiger partial charge in [-0.25, -0.2) is 9.26 Å². The molecule has 27 heavy (non-hydrogen) atoms. The molecule has 5 rings (SSSR count). The normalized spacial score (nSPS) is 22.0. The molecule has 0 unspecified atom stereocenters. The standard InChI is InChI=1S/C19H16N4O4/c24-18-11(6-8-13-16(18)22-26-20-13)15(10-4-2-1-3-5-10)12-7-9-14-17(19(12)25)23-27-21-14/h1-5,11-12,15H,6-9H2/t11-,12-/m1/s1. The molecule has 0 spiro atoms. The Morgan fingerprint density at radius 3 is 1.81 bits per heavy atom. The molecule has 2 aliphatic carbocycles. The van der Waals surface area contributed by atoms with Crippen LogP contribution in [0.4, 0.5) is 0 Å². The number of carbonyl (C=O) groups excluding carboxylic acids is 2. The van der Waals surface area contributed by atoms with Gasteiger partial charge in [-0.3, -0.25) is 9.59 Å². The molecule has 2 aromatic heterocycles. The smallest absolute Gasteiger partial charge is 0.190 e. The van der Waals surface area contributed by atoms with Gasteiger partial charge in [-0.2, -0.15) is 0 Å². The van der Waals surface area contributed by atoms with Gasteiger partial charge >= 0.3 is 0 Å². The highest BCUT2D eigenvalue weighted by atomic mass is 16.6. The molecule has 0 saturated heterocycles. The molecule has 136 valence electrons. The second-order valence-electron chi connectivity index (χ2n) is 7.07. The molecule has 0 aliphatic heterocycles. The Morgan fingerprint density at radius 1 is 0.778 bits per heavy atom. The summed E-state index contributed by atoms with van der Waals surface area (Å²) in [7, 11) is 0. The predicted molar refractivity (Wildman–Crippen MR) is 90.1 cm³/mol. The van der Waals surface area contributed by atoms with Crippen molar-refractivity contribution in [2.24, 2.45) is 11.8 Å². The van der Waals surface area contributed by atoms with E-state index in [0.717, 1.165) is 5.56 Å². The molecule has 0 fully saturated rings. The first kappa shape index (κ1) is 16.0. The summed E-state index contributed by atoms with van der Waals surface area (Å²) in [6.07, 6.45) is 2.42. The maximum absolute atomic E-state index is 13.1. The van der Waals surface area contributed by atoms with Crippen LogP contribution >= 0.6 is 0 Å². The van der Waals surface area contributed by atoms with Crippen LogP contribution in [-0.4, -0.2) is 32.2 Å². The van der Waals surface area contributed by atoms with Gasteiger partial charge in [0.1, 0.15) is 11.4 Å². The number of hydrogen-bond acceptors (Lipinski definition) is 8. The van der Waals surface area contributed by atoms with Crippen LogP contribution in [0, 0.1) is 11.8 Å². The van der Waals surface area contributed by atoms with E-state index in [0.29, 0.717) is 48.5 Å². The highest BCUT2D eigenvalue weighted by molar-refractivity contribution is 6.01. The minimum Gasteiger partial charge on any atom is -0.292 e. The summed E-state index contributed by atoms with van der Waals surface area (Å²) in [6.45, 7) is 0. The number of benzene rings is 1. The monoisotopic (exact) mass is 364 g/mol. The fourth-order valence-electron chi connectivity index (χ4n) is 4.42. The third-order valence-corrected chi connectivity index (χ3v) is 5.69. The number of aryl methyl sites for hydroxylation is 2. The van der Waals surface area contributed by atoms with Crippen LogP contribution in [-0.2, 0) is 12.8 Å². The first-order valence-corrected chi connectivity index (χ1v) is 9.00. The molecule has 8 heteroatoms. The molecule has 2 heterocycles. The van der Waals surface area contributed by atoms with Crippen molar-refractivity contribution in [3.63, 3.8) is 0 Å². The van der Waals surface area contributed by atoms with Crippen LogP contribution in [0.2, 0.25) is 0 Å². The van der Waals surface area contributed by atoms with Crippen molar-refractivity contribution >= 4 is 11.6 Å². The lowest BCUT2D eigenvalue weighted by molar-refractivity contribution is 0.0772. The number of carbonyl (C=O) groups is 2. The van der Waals surface area contributed by atoms with E-state index in [1.807, 2.05) is 30.3 Å². The van der Waals surface area contributed by atoms with Gasteiger partial charge in [-0.05, 0) is 41.6 Å². The fourth-order valence-corrected chi connectivity index (χ4v) is 4.42. The molecular weight excluding hydrogens is 348 g/mol. The van der Waals surface area contributed by atoms with Crippen molar-refractivity contribution in [1.82, 2.24) is 20.6 Å². The molecule has 0 bridgehead atoms. The summed E-state index contributed by atoms with van der Waals surface area (Å²) >= 11 is 0. The van der Waals surface area contributed by atoms with Crippen molar-refractivity contribution in [3.05, 3.63) is 58.7 Å². The lowest BCUT2D eigenvalue weighted by atomic mass is 9.66. The summed E-state index contributed by atoms with van der Waals surface area (Å²) in [5.41, 5.74) is 2.74. The Hall–Kier alpha value is -3.16. The number of rotatable bonds is 3. The van der Waals surface area contributed by atoms with Crippen LogP contribution in [0.25, 0.3) is 0 Å². The topological polar surface area (TPSA) is 112 Å². The summed E-state index contributed by atoms with van der Waals surface area (Å²) in [5, 5.41) is 15.2. The lowest BCUT2D eigenvalue weighted by Gasteiger charge is -2.34. The van der Waals surface area contributed by atoms with E-state index in [2.05, 4.69) is 20.6 Å². The second kappa shape index (κ2) is 6.22. The number of nitrogens with zero attached hydrogens (tertiary/aromatic N) is 4. The second-order valence-corrected chi connectivity index (χ2v) is 7.07. The number of ketones is 2. The zero-order valence-electron chi connectivity index (χ0n) is 14.4. The summed E-state index contributed by atoms with van der Waals surface area (Å²) < 4.78 is 9.51. The van der Waals surface area contributed by atoms with Crippen LogP contribution in [0.15, 0.2) is 39.6 Å². The van der Waals surface area contributed by atoms with Gasteiger partial charge in [-0.1, -0.05) is 40.6 Å². The minimum absolute atomic E-state index is 0.108. The maximum atomic E-state index is 13.1. The van der Waals surface area contributed by atoms with Crippen molar-refractivity contribution in [3.8, 4) is 0 Å². The first-order valence-electron chi connectivity index (χ1n) is 9.00. The van der Waals surface area contributed by atoms with Crippen molar-refractivity contribution in [2.45, 2.75) is 31.6 Å². The number of hydrogen-bond donors (Lipinski definition) is 0. The first-order chi connectivity index (χ1) is 13.2. The third kappa shape index (κ3) is 2.51. The molecule has 0 N–H and O–H groups in total. The van der Waals surface area contributed by atoms with Gasteiger partial charge in [0.05, 0.1) is 0 Å². The molecule has 3 aromatic rings. The molecule has 8 nitrogen and oxygen atoms in total. The van der Waals surface area contributed by atoms with Gasteiger partial charge in [0, 0.05) is 17.8 Å². The van der Waals surface area contributed by atoms with Crippen LogP contribution in [0.1, 0.15) is 56.7 Å². The largest absolute Gasteiger partial charge is 0.292 e. The zero-order chi connectivity index (χ0) is 18.4. The van der Waals surface area contributed by atoms with E-state index in [1.54, 1.807) is 0 Å². The maximum Gasteiger partial charge on any atom is 0.190 e. The number of aromatic nitrogens is 4. The predicted octanol–water partition coefficient (Wildman–Crippen LogP) is 2.43. The Morgan fingerprint density at radius 2 is 1.30 bits per heavy atom. The van der Waals surface area contributed by atoms with E-state index in [-0.39, 0.29) is 29.3 Å². The molecule has 2 atom stereocenters. The number of fused-ring (bicyclic) bond motifs is 2. The molecular formula is C19H16N4O4. The van der Waals surface area contributed by atoms with Crippen LogP contribution < -0.4 is 0 Å². The molecule has 0 amide bonds. The van der Waals surface area contributed by atoms with Gasteiger partial charge in [0.2, 0.25) is 0 Å². The van der Waals surface area contributed by atoms with Crippen molar-refractivity contribution in [2.75, 3.05) is 0 Å². The number of Topliss-reactive ketones (excluding diaryl/α,β-unsaturated/α-hetero) is 2. The lowest BCUT2D eigenvalue weighted by Crippen LogP contribution is -2.37. The van der Waals surface area contributed by atoms with Crippen LogP contribution in [0.3, 0.4) is 0 Å². The van der Waals surface area contributed by atoms with E-state index in [9.17, 15) is 9.59 Å². The quantitative estimate of drug-likeness (QED) is 0.696. The fraction of sp³-hybridized carbons (Fsp3) is 0.368. The Bertz CT molecular complexity index is 947. The molecule has 0 saturated carbocycles. The van der Waals surface area contributed by atoms with E-state index < -0.39 is 0 Å². The average Bonchev–Trinajstić information content (AvgIpc) is 3.36.